The Morgan fingerprint density at radius 3 is 2.50 bits per heavy atom. The SMILES string of the molecule is C[C@@H](c1ccc(-c2nccs2)cc1)N1CCCC1. The molecule has 18 heavy (non-hydrogen) atoms. The van der Waals surface area contributed by atoms with Gasteiger partial charge in [-0.1, -0.05) is 24.3 Å². The topological polar surface area (TPSA) is 16.1 Å². The first kappa shape index (κ1) is 11.9. The molecule has 1 aliphatic heterocycles. The Morgan fingerprint density at radius 1 is 1.17 bits per heavy atom. The first-order valence-corrected chi connectivity index (χ1v) is 7.46. The molecule has 1 aromatic heterocycles. The van der Waals surface area contributed by atoms with E-state index in [9.17, 15) is 0 Å². The first-order chi connectivity index (χ1) is 8.84. The van der Waals surface area contributed by atoms with Crippen molar-refractivity contribution in [3.63, 3.8) is 0 Å². The molecule has 0 saturated carbocycles. The molecule has 0 bridgehead atoms. The summed E-state index contributed by atoms with van der Waals surface area (Å²) in [5.74, 6) is 0. The van der Waals surface area contributed by atoms with E-state index in [1.807, 2.05) is 11.6 Å². The second kappa shape index (κ2) is 5.21. The Balaban J connectivity index is 1.78. The lowest BCUT2D eigenvalue weighted by Gasteiger charge is -2.24. The van der Waals surface area contributed by atoms with Crippen LogP contribution in [0.5, 0.6) is 0 Å². The molecule has 2 heterocycles. The Morgan fingerprint density at radius 2 is 1.89 bits per heavy atom. The van der Waals surface area contributed by atoms with Crippen molar-refractivity contribution in [2.24, 2.45) is 0 Å². The number of aromatic nitrogens is 1. The summed E-state index contributed by atoms with van der Waals surface area (Å²) in [6, 6.07) is 9.43. The van der Waals surface area contributed by atoms with Crippen molar-refractivity contribution in [1.29, 1.82) is 0 Å². The molecule has 1 fully saturated rings. The fourth-order valence-corrected chi connectivity index (χ4v) is 3.25. The zero-order valence-electron chi connectivity index (χ0n) is 10.7. The van der Waals surface area contributed by atoms with E-state index in [2.05, 4.69) is 41.1 Å². The van der Waals surface area contributed by atoms with Crippen molar-refractivity contribution in [2.45, 2.75) is 25.8 Å². The third-order valence-corrected chi connectivity index (χ3v) is 4.58. The molecular weight excluding hydrogens is 240 g/mol. The van der Waals surface area contributed by atoms with Gasteiger partial charge in [-0.25, -0.2) is 4.98 Å². The summed E-state index contributed by atoms with van der Waals surface area (Å²) in [5, 5.41) is 3.13. The summed E-state index contributed by atoms with van der Waals surface area (Å²) in [7, 11) is 0. The van der Waals surface area contributed by atoms with Crippen LogP contribution in [0.4, 0.5) is 0 Å². The predicted octanol–water partition coefficient (Wildman–Crippen LogP) is 3.97. The maximum Gasteiger partial charge on any atom is 0.123 e. The number of likely N-dealkylation sites (tertiary alicyclic amines) is 1. The summed E-state index contributed by atoms with van der Waals surface area (Å²) >= 11 is 1.69. The van der Waals surface area contributed by atoms with E-state index >= 15 is 0 Å². The smallest absolute Gasteiger partial charge is 0.123 e. The van der Waals surface area contributed by atoms with Gasteiger partial charge >= 0.3 is 0 Å². The third-order valence-electron chi connectivity index (χ3n) is 3.76. The molecule has 0 aliphatic carbocycles. The Bertz CT molecular complexity index is 484. The molecule has 1 aromatic carbocycles. The molecule has 1 saturated heterocycles. The molecule has 0 N–H and O–H groups in total. The van der Waals surface area contributed by atoms with Gasteiger partial charge in [-0.3, -0.25) is 4.90 Å². The molecule has 1 atom stereocenters. The molecule has 3 rings (SSSR count). The number of hydrogen-bond donors (Lipinski definition) is 0. The minimum atomic E-state index is 0.540. The van der Waals surface area contributed by atoms with E-state index in [0.29, 0.717) is 6.04 Å². The van der Waals surface area contributed by atoms with Gasteiger partial charge in [-0.05, 0) is 38.4 Å². The zero-order chi connectivity index (χ0) is 12.4. The van der Waals surface area contributed by atoms with Crippen molar-refractivity contribution in [2.75, 3.05) is 13.1 Å². The largest absolute Gasteiger partial charge is 0.297 e. The molecule has 2 nitrogen and oxygen atoms in total. The maximum atomic E-state index is 4.35. The van der Waals surface area contributed by atoms with Crippen LogP contribution in [0, 0.1) is 0 Å². The van der Waals surface area contributed by atoms with E-state index in [4.69, 9.17) is 0 Å². The maximum absolute atomic E-state index is 4.35. The van der Waals surface area contributed by atoms with Gasteiger partial charge in [0.25, 0.3) is 0 Å². The van der Waals surface area contributed by atoms with Gasteiger partial charge in [0.1, 0.15) is 5.01 Å². The van der Waals surface area contributed by atoms with Crippen molar-refractivity contribution in [1.82, 2.24) is 9.88 Å². The highest BCUT2D eigenvalue weighted by Crippen LogP contribution is 2.27. The van der Waals surface area contributed by atoms with Crippen LogP contribution in [0.1, 0.15) is 31.4 Å². The minimum absolute atomic E-state index is 0.540. The van der Waals surface area contributed by atoms with E-state index in [0.717, 1.165) is 5.01 Å². The molecule has 1 aliphatic rings. The highest BCUT2D eigenvalue weighted by molar-refractivity contribution is 7.13. The molecule has 94 valence electrons. The van der Waals surface area contributed by atoms with Crippen LogP contribution in [0.15, 0.2) is 35.8 Å². The third kappa shape index (κ3) is 2.33. The fraction of sp³-hybridized carbons (Fsp3) is 0.400. The zero-order valence-corrected chi connectivity index (χ0v) is 11.5. The van der Waals surface area contributed by atoms with Crippen LogP contribution in [-0.4, -0.2) is 23.0 Å². The average Bonchev–Trinajstić information content (AvgIpc) is 3.11. The van der Waals surface area contributed by atoms with E-state index in [1.54, 1.807) is 11.3 Å². The quantitative estimate of drug-likeness (QED) is 0.828. The van der Waals surface area contributed by atoms with Gasteiger partial charge in [-0.2, -0.15) is 0 Å². The summed E-state index contributed by atoms with van der Waals surface area (Å²) in [6.07, 6.45) is 4.56. The van der Waals surface area contributed by atoms with Crippen LogP contribution < -0.4 is 0 Å². The monoisotopic (exact) mass is 258 g/mol. The lowest BCUT2D eigenvalue weighted by atomic mass is 10.1. The molecule has 0 radical (unpaired) electrons. The highest BCUT2D eigenvalue weighted by atomic mass is 32.1. The van der Waals surface area contributed by atoms with Gasteiger partial charge in [0, 0.05) is 23.2 Å². The van der Waals surface area contributed by atoms with Crippen LogP contribution in [-0.2, 0) is 0 Å². The van der Waals surface area contributed by atoms with Gasteiger partial charge in [0.05, 0.1) is 0 Å². The molecule has 2 aromatic rings. The van der Waals surface area contributed by atoms with Crippen molar-refractivity contribution < 1.29 is 0 Å². The Kier molecular flexibility index (Phi) is 3.43. The Labute approximate surface area is 112 Å². The van der Waals surface area contributed by atoms with Gasteiger partial charge < -0.3 is 0 Å². The lowest BCUT2D eigenvalue weighted by Crippen LogP contribution is -2.23. The standard InChI is InChI=1S/C15H18N2S/c1-12(17-9-2-3-10-17)13-4-6-14(7-5-13)15-16-8-11-18-15/h4-8,11-12H,2-3,9-10H2,1H3/t12-/m0/s1. The molecule has 0 unspecified atom stereocenters. The van der Waals surface area contributed by atoms with E-state index in [-0.39, 0.29) is 0 Å². The predicted molar refractivity (Wildman–Crippen MR) is 76.8 cm³/mol. The summed E-state index contributed by atoms with van der Waals surface area (Å²) in [4.78, 5) is 6.91. The van der Waals surface area contributed by atoms with Crippen LogP contribution >= 0.6 is 11.3 Å². The minimum Gasteiger partial charge on any atom is -0.297 e. The number of nitrogens with zero attached hydrogens (tertiary/aromatic N) is 2. The normalized spacial score (nSPS) is 18.1. The van der Waals surface area contributed by atoms with Gasteiger partial charge in [0.2, 0.25) is 0 Å². The Hall–Kier alpha value is -1.19. The van der Waals surface area contributed by atoms with Gasteiger partial charge in [-0.15, -0.1) is 11.3 Å². The number of thiazole rings is 1. The summed E-state index contributed by atoms with van der Waals surface area (Å²) in [6.45, 7) is 4.80. The van der Waals surface area contributed by atoms with Crippen molar-refractivity contribution in [3.05, 3.63) is 41.4 Å². The van der Waals surface area contributed by atoms with E-state index < -0.39 is 0 Å². The molecule has 0 spiro atoms. The van der Waals surface area contributed by atoms with Crippen molar-refractivity contribution in [3.8, 4) is 10.6 Å². The van der Waals surface area contributed by atoms with Crippen LogP contribution in [0.25, 0.3) is 10.6 Å². The second-order valence-corrected chi connectivity index (χ2v) is 5.77. The van der Waals surface area contributed by atoms with Crippen LogP contribution in [0.3, 0.4) is 0 Å². The number of hydrogen-bond acceptors (Lipinski definition) is 3. The molecule has 0 amide bonds. The average molecular weight is 258 g/mol. The van der Waals surface area contributed by atoms with Crippen molar-refractivity contribution >= 4 is 11.3 Å². The fourth-order valence-electron chi connectivity index (χ4n) is 2.61. The number of rotatable bonds is 3. The number of benzene rings is 1. The summed E-state index contributed by atoms with van der Waals surface area (Å²) in [5.41, 5.74) is 2.64. The summed E-state index contributed by atoms with van der Waals surface area (Å²) < 4.78 is 0. The molecule has 3 heteroatoms. The molecular formula is C15H18N2S. The van der Waals surface area contributed by atoms with Gasteiger partial charge in [0.15, 0.2) is 0 Å². The highest BCUT2D eigenvalue weighted by Gasteiger charge is 2.19. The second-order valence-electron chi connectivity index (χ2n) is 4.88. The van der Waals surface area contributed by atoms with Crippen LogP contribution in [0.2, 0.25) is 0 Å². The van der Waals surface area contributed by atoms with E-state index in [1.165, 1.54) is 37.1 Å². The first-order valence-electron chi connectivity index (χ1n) is 6.58. The lowest BCUT2D eigenvalue weighted by molar-refractivity contribution is 0.263.